The van der Waals surface area contributed by atoms with Crippen molar-refractivity contribution in [2.75, 3.05) is 0 Å². The SMILES string of the molecule is Cn1nc2ccc([N+](=O)[O-])cc2c1Cl. The van der Waals surface area contributed by atoms with Gasteiger partial charge in [0.2, 0.25) is 0 Å². The van der Waals surface area contributed by atoms with Gasteiger partial charge in [-0.15, -0.1) is 0 Å². The van der Waals surface area contributed by atoms with Crippen molar-refractivity contribution in [2.45, 2.75) is 0 Å². The van der Waals surface area contributed by atoms with E-state index in [2.05, 4.69) is 5.10 Å². The Bertz CT molecular complexity index is 521. The zero-order valence-electron chi connectivity index (χ0n) is 7.27. The molecule has 2 aromatic rings. The van der Waals surface area contributed by atoms with Gasteiger partial charge in [-0.2, -0.15) is 5.10 Å². The van der Waals surface area contributed by atoms with Gasteiger partial charge in [-0.05, 0) is 6.07 Å². The molecule has 0 amide bonds. The normalized spacial score (nSPS) is 10.7. The monoisotopic (exact) mass is 211 g/mol. The second kappa shape index (κ2) is 2.95. The average molecular weight is 212 g/mol. The van der Waals surface area contributed by atoms with Gasteiger partial charge in [0, 0.05) is 24.6 Å². The Hall–Kier alpha value is -1.62. The first-order valence-corrected chi connectivity index (χ1v) is 4.24. The first-order valence-electron chi connectivity index (χ1n) is 3.86. The fraction of sp³-hybridized carbons (Fsp3) is 0.125. The van der Waals surface area contributed by atoms with Crippen LogP contribution in [0.15, 0.2) is 18.2 Å². The topological polar surface area (TPSA) is 61.0 Å². The zero-order valence-corrected chi connectivity index (χ0v) is 8.02. The van der Waals surface area contributed by atoms with Gasteiger partial charge < -0.3 is 0 Å². The molecule has 0 fully saturated rings. The van der Waals surface area contributed by atoms with Gasteiger partial charge in [-0.25, -0.2) is 0 Å². The molecule has 0 saturated heterocycles. The largest absolute Gasteiger partial charge is 0.270 e. The van der Waals surface area contributed by atoms with Crippen LogP contribution >= 0.6 is 11.6 Å². The second-order valence-electron chi connectivity index (χ2n) is 2.87. The molecule has 14 heavy (non-hydrogen) atoms. The molecule has 72 valence electrons. The summed E-state index contributed by atoms with van der Waals surface area (Å²) in [6.07, 6.45) is 0. The Labute approximate surface area is 84.0 Å². The van der Waals surface area contributed by atoms with Crippen LogP contribution in [0.2, 0.25) is 5.15 Å². The number of fused-ring (bicyclic) bond motifs is 1. The molecular weight excluding hydrogens is 206 g/mol. The number of non-ortho nitro benzene ring substituents is 1. The minimum Gasteiger partial charge on any atom is -0.258 e. The van der Waals surface area contributed by atoms with E-state index in [9.17, 15) is 10.1 Å². The molecule has 0 saturated carbocycles. The van der Waals surface area contributed by atoms with Crippen molar-refractivity contribution in [1.82, 2.24) is 9.78 Å². The van der Waals surface area contributed by atoms with E-state index in [-0.39, 0.29) is 5.69 Å². The molecule has 1 aromatic carbocycles. The molecule has 6 heteroatoms. The summed E-state index contributed by atoms with van der Waals surface area (Å²) >= 11 is 5.90. The predicted molar refractivity (Wildman–Crippen MR) is 52.4 cm³/mol. The lowest BCUT2D eigenvalue weighted by molar-refractivity contribution is -0.384. The summed E-state index contributed by atoms with van der Waals surface area (Å²) in [4.78, 5) is 10.0. The highest BCUT2D eigenvalue weighted by Gasteiger charge is 2.11. The standard InChI is InChI=1S/C8H6ClN3O2/c1-11-8(9)6-4-5(12(13)14)2-3-7(6)10-11/h2-4H,1H3. The van der Waals surface area contributed by atoms with Gasteiger partial charge in [0.25, 0.3) is 5.69 Å². The Morgan fingerprint density at radius 1 is 1.57 bits per heavy atom. The highest BCUT2D eigenvalue weighted by Crippen LogP contribution is 2.26. The minimum atomic E-state index is -0.456. The smallest absolute Gasteiger partial charge is 0.258 e. The quantitative estimate of drug-likeness (QED) is 0.536. The molecule has 1 aromatic heterocycles. The third kappa shape index (κ3) is 1.22. The summed E-state index contributed by atoms with van der Waals surface area (Å²) in [5.41, 5.74) is 0.676. The minimum absolute atomic E-state index is 0.0207. The van der Waals surface area contributed by atoms with Gasteiger partial charge >= 0.3 is 0 Å². The molecule has 0 atom stereocenters. The molecule has 0 spiro atoms. The Kier molecular flexibility index (Phi) is 1.89. The van der Waals surface area contributed by atoms with E-state index in [1.165, 1.54) is 16.8 Å². The molecule has 1 heterocycles. The van der Waals surface area contributed by atoms with Crippen molar-refractivity contribution >= 4 is 28.2 Å². The molecule has 0 radical (unpaired) electrons. The van der Waals surface area contributed by atoms with E-state index in [1.807, 2.05) is 0 Å². The molecule has 5 nitrogen and oxygen atoms in total. The summed E-state index contributed by atoms with van der Waals surface area (Å²) in [5.74, 6) is 0. The number of nitro groups is 1. The third-order valence-electron chi connectivity index (χ3n) is 1.96. The molecular formula is C8H6ClN3O2. The third-order valence-corrected chi connectivity index (χ3v) is 2.40. The van der Waals surface area contributed by atoms with E-state index in [0.29, 0.717) is 16.1 Å². The Morgan fingerprint density at radius 2 is 2.29 bits per heavy atom. The van der Waals surface area contributed by atoms with E-state index < -0.39 is 4.92 Å². The van der Waals surface area contributed by atoms with Gasteiger partial charge in [-0.3, -0.25) is 14.8 Å². The van der Waals surface area contributed by atoms with E-state index in [1.54, 1.807) is 13.1 Å². The lowest BCUT2D eigenvalue weighted by Crippen LogP contribution is -1.87. The van der Waals surface area contributed by atoms with Crippen molar-refractivity contribution < 1.29 is 4.92 Å². The summed E-state index contributed by atoms with van der Waals surface area (Å²) in [5, 5.41) is 15.6. The highest BCUT2D eigenvalue weighted by atomic mass is 35.5. The van der Waals surface area contributed by atoms with Crippen LogP contribution in [0.1, 0.15) is 0 Å². The number of halogens is 1. The lowest BCUT2D eigenvalue weighted by Gasteiger charge is -1.90. The number of hydrogen-bond acceptors (Lipinski definition) is 3. The second-order valence-corrected chi connectivity index (χ2v) is 3.23. The molecule has 0 bridgehead atoms. The summed E-state index contributed by atoms with van der Waals surface area (Å²) < 4.78 is 1.48. The number of nitro benzene ring substituents is 1. The summed E-state index contributed by atoms with van der Waals surface area (Å²) in [6, 6.07) is 4.41. The van der Waals surface area contributed by atoms with Gasteiger partial charge in [0.15, 0.2) is 0 Å². The predicted octanol–water partition coefficient (Wildman–Crippen LogP) is 2.13. The summed E-state index contributed by atoms with van der Waals surface area (Å²) in [6.45, 7) is 0. The van der Waals surface area contributed by atoms with Crippen LogP contribution in [-0.2, 0) is 7.05 Å². The van der Waals surface area contributed by atoms with Crippen molar-refractivity contribution in [3.63, 3.8) is 0 Å². The number of aromatic nitrogens is 2. The molecule has 0 aliphatic carbocycles. The van der Waals surface area contributed by atoms with Crippen LogP contribution in [0, 0.1) is 10.1 Å². The Morgan fingerprint density at radius 3 is 2.93 bits per heavy atom. The van der Waals surface area contributed by atoms with Crippen molar-refractivity contribution in [2.24, 2.45) is 7.05 Å². The fourth-order valence-electron chi connectivity index (χ4n) is 1.27. The lowest BCUT2D eigenvalue weighted by atomic mass is 10.2. The number of benzene rings is 1. The number of hydrogen-bond donors (Lipinski definition) is 0. The van der Waals surface area contributed by atoms with Crippen LogP contribution in [0.25, 0.3) is 10.9 Å². The molecule has 0 aliphatic heterocycles. The molecule has 0 N–H and O–H groups in total. The van der Waals surface area contributed by atoms with E-state index in [0.717, 1.165) is 0 Å². The highest BCUT2D eigenvalue weighted by molar-refractivity contribution is 6.34. The van der Waals surface area contributed by atoms with E-state index >= 15 is 0 Å². The number of nitrogens with zero attached hydrogens (tertiary/aromatic N) is 3. The maximum Gasteiger partial charge on any atom is 0.270 e. The molecule has 0 aliphatic rings. The van der Waals surface area contributed by atoms with Crippen molar-refractivity contribution in [3.8, 4) is 0 Å². The van der Waals surface area contributed by atoms with E-state index in [4.69, 9.17) is 11.6 Å². The first-order chi connectivity index (χ1) is 6.59. The maximum absolute atomic E-state index is 10.5. The van der Waals surface area contributed by atoms with Gasteiger partial charge in [0.05, 0.1) is 10.4 Å². The average Bonchev–Trinajstić information content (AvgIpc) is 2.43. The van der Waals surface area contributed by atoms with Crippen molar-refractivity contribution in [3.05, 3.63) is 33.5 Å². The van der Waals surface area contributed by atoms with Gasteiger partial charge in [0.1, 0.15) is 5.15 Å². The van der Waals surface area contributed by atoms with Crippen LogP contribution in [0.4, 0.5) is 5.69 Å². The number of rotatable bonds is 1. The van der Waals surface area contributed by atoms with Crippen LogP contribution < -0.4 is 0 Å². The first kappa shape index (κ1) is 8.96. The zero-order chi connectivity index (χ0) is 10.3. The van der Waals surface area contributed by atoms with Crippen LogP contribution in [0.3, 0.4) is 0 Å². The van der Waals surface area contributed by atoms with Gasteiger partial charge in [-0.1, -0.05) is 11.6 Å². The fourth-order valence-corrected chi connectivity index (χ4v) is 1.46. The van der Waals surface area contributed by atoms with Crippen LogP contribution in [-0.4, -0.2) is 14.7 Å². The Balaban J connectivity index is 2.76. The summed E-state index contributed by atoms with van der Waals surface area (Å²) in [7, 11) is 1.69. The maximum atomic E-state index is 10.5. The molecule has 2 rings (SSSR count). The van der Waals surface area contributed by atoms with Crippen LogP contribution in [0.5, 0.6) is 0 Å². The number of aryl methyl sites for hydroxylation is 1. The molecule has 0 unspecified atom stereocenters. The van der Waals surface area contributed by atoms with Crippen molar-refractivity contribution in [1.29, 1.82) is 0 Å².